The molecule has 2 atom stereocenters. The van der Waals surface area contributed by atoms with Crippen LogP contribution in [0.1, 0.15) is 50.1 Å². The molecule has 24 heavy (non-hydrogen) atoms. The molecule has 0 saturated carbocycles. The lowest BCUT2D eigenvalue weighted by Gasteiger charge is -2.25. The average molecular weight is 327 g/mol. The molecule has 2 aromatic heterocycles. The van der Waals surface area contributed by atoms with Crippen LogP contribution in [0.4, 0.5) is 0 Å². The highest BCUT2D eigenvalue weighted by Gasteiger charge is 2.32. The van der Waals surface area contributed by atoms with Crippen LogP contribution in [-0.4, -0.2) is 40.2 Å². The maximum absolute atomic E-state index is 4.30. The zero-order valence-corrected chi connectivity index (χ0v) is 15.2. The van der Waals surface area contributed by atoms with Crippen molar-refractivity contribution in [2.45, 2.75) is 45.2 Å². The van der Waals surface area contributed by atoms with Crippen molar-refractivity contribution in [3.05, 3.63) is 47.5 Å². The van der Waals surface area contributed by atoms with E-state index in [0.717, 1.165) is 19.6 Å². The molecule has 2 aromatic rings. The Morgan fingerprint density at radius 1 is 1.33 bits per heavy atom. The molecular weight excluding hydrogens is 298 g/mol. The first-order valence-corrected chi connectivity index (χ1v) is 8.80. The number of nitrogens with zero attached hydrogens (tertiary/aromatic N) is 3. The second-order valence-corrected chi connectivity index (χ2v) is 7.91. The van der Waals surface area contributed by atoms with Gasteiger partial charge in [-0.05, 0) is 37.6 Å². The first kappa shape index (κ1) is 17.1. The number of H-pyrrole nitrogens is 1. The van der Waals surface area contributed by atoms with Crippen LogP contribution in [0, 0.1) is 5.92 Å². The van der Waals surface area contributed by atoms with E-state index in [1.165, 1.54) is 23.2 Å². The number of hydrogen-bond acceptors (Lipinski definition) is 4. The SMILES string of the molecule is CN1CC[C@@H](CNCc2cn[nH]c2C(C)(C)C)[C@@H]1c1cccnc1. The van der Waals surface area contributed by atoms with E-state index >= 15 is 0 Å². The summed E-state index contributed by atoms with van der Waals surface area (Å²) in [7, 11) is 2.21. The molecule has 0 bridgehead atoms. The summed E-state index contributed by atoms with van der Waals surface area (Å²) in [6, 6.07) is 4.69. The second kappa shape index (κ2) is 7.03. The zero-order chi connectivity index (χ0) is 17.2. The van der Waals surface area contributed by atoms with Crippen molar-refractivity contribution in [1.82, 2.24) is 25.4 Å². The quantitative estimate of drug-likeness (QED) is 0.886. The van der Waals surface area contributed by atoms with Crippen molar-refractivity contribution >= 4 is 0 Å². The minimum Gasteiger partial charge on any atom is -0.312 e. The molecule has 0 aliphatic carbocycles. The van der Waals surface area contributed by atoms with Crippen LogP contribution in [0.2, 0.25) is 0 Å². The maximum atomic E-state index is 4.30. The molecule has 2 N–H and O–H groups in total. The van der Waals surface area contributed by atoms with Crippen molar-refractivity contribution in [1.29, 1.82) is 0 Å². The Morgan fingerprint density at radius 2 is 2.17 bits per heavy atom. The number of aromatic nitrogens is 3. The van der Waals surface area contributed by atoms with E-state index in [0.29, 0.717) is 12.0 Å². The summed E-state index contributed by atoms with van der Waals surface area (Å²) in [4.78, 5) is 6.74. The standard InChI is InChI=1S/C19H29N5/c1-19(2,3)18-16(13-22-23-18)12-21-11-15-7-9-24(4)17(15)14-6-5-8-20-10-14/h5-6,8,10,13,15,17,21H,7,9,11-12H2,1-4H3,(H,22,23)/t15-,17-/m0/s1. The molecule has 1 aliphatic rings. The summed E-state index contributed by atoms with van der Waals surface area (Å²) in [5.74, 6) is 0.615. The molecule has 0 aromatic carbocycles. The lowest BCUT2D eigenvalue weighted by molar-refractivity contribution is 0.271. The normalized spacial score (nSPS) is 22.2. The Hall–Kier alpha value is -1.72. The molecule has 5 heteroatoms. The molecule has 0 spiro atoms. The number of rotatable bonds is 5. The van der Waals surface area contributed by atoms with E-state index in [2.05, 4.69) is 59.3 Å². The predicted octanol–water partition coefficient (Wildman–Crippen LogP) is 2.88. The molecule has 0 unspecified atom stereocenters. The third-order valence-electron chi connectivity index (χ3n) is 4.99. The number of nitrogens with one attached hydrogen (secondary N) is 2. The van der Waals surface area contributed by atoms with Gasteiger partial charge in [0.1, 0.15) is 0 Å². The van der Waals surface area contributed by atoms with Gasteiger partial charge in [-0.3, -0.25) is 15.0 Å². The minimum atomic E-state index is 0.0966. The number of hydrogen-bond donors (Lipinski definition) is 2. The fourth-order valence-electron chi connectivity index (χ4n) is 3.80. The third-order valence-corrected chi connectivity index (χ3v) is 4.99. The average Bonchev–Trinajstić information content (AvgIpc) is 3.15. The number of pyridine rings is 1. The molecular formula is C19H29N5. The van der Waals surface area contributed by atoms with Crippen molar-refractivity contribution in [3.63, 3.8) is 0 Å². The van der Waals surface area contributed by atoms with E-state index in [1.807, 2.05) is 24.7 Å². The van der Waals surface area contributed by atoms with Crippen LogP contribution < -0.4 is 5.32 Å². The van der Waals surface area contributed by atoms with Gasteiger partial charge in [-0.15, -0.1) is 0 Å². The van der Waals surface area contributed by atoms with E-state index in [9.17, 15) is 0 Å². The lowest BCUT2D eigenvalue weighted by Crippen LogP contribution is -2.29. The molecule has 5 nitrogen and oxygen atoms in total. The Balaban J connectivity index is 1.62. The monoisotopic (exact) mass is 327 g/mol. The summed E-state index contributed by atoms with van der Waals surface area (Å²) in [6.45, 7) is 9.67. The first-order valence-electron chi connectivity index (χ1n) is 8.80. The van der Waals surface area contributed by atoms with E-state index in [-0.39, 0.29) is 5.41 Å². The summed E-state index contributed by atoms with van der Waals surface area (Å²) >= 11 is 0. The van der Waals surface area contributed by atoms with Crippen LogP contribution in [0.3, 0.4) is 0 Å². The highest BCUT2D eigenvalue weighted by Crippen LogP contribution is 2.35. The van der Waals surface area contributed by atoms with Gasteiger partial charge in [-0.2, -0.15) is 5.10 Å². The highest BCUT2D eigenvalue weighted by atomic mass is 15.2. The molecule has 0 radical (unpaired) electrons. The van der Waals surface area contributed by atoms with Crippen LogP contribution >= 0.6 is 0 Å². The summed E-state index contributed by atoms with van der Waals surface area (Å²) in [5, 5.41) is 11.0. The number of likely N-dealkylation sites (tertiary alicyclic amines) is 1. The van der Waals surface area contributed by atoms with Gasteiger partial charge in [-0.1, -0.05) is 26.8 Å². The fraction of sp³-hybridized carbons (Fsp3) is 0.579. The Kier molecular flexibility index (Phi) is 5.01. The predicted molar refractivity (Wildman–Crippen MR) is 96.7 cm³/mol. The van der Waals surface area contributed by atoms with Crippen molar-refractivity contribution in [2.75, 3.05) is 20.1 Å². The van der Waals surface area contributed by atoms with Crippen molar-refractivity contribution < 1.29 is 0 Å². The van der Waals surface area contributed by atoms with Crippen molar-refractivity contribution in [2.24, 2.45) is 5.92 Å². The van der Waals surface area contributed by atoms with Gasteiger partial charge in [0.05, 0.1) is 6.20 Å². The lowest BCUT2D eigenvalue weighted by atomic mass is 9.89. The topological polar surface area (TPSA) is 56.8 Å². The first-order chi connectivity index (χ1) is 11.5. The molecule has 0 amide bonds. The van der Waals surface area contributed by atoms with Gasteiger partial charge in [-0.25, -0.2) is 0 Å². The van der Waals surface area contributed by atoms with Gasteiger partial charge in [0, 0.05) is 48.2 Å². The Bertz CT molecular complexity index is 643. The van der Waals surface area contributed by atoms with Gasteiger partial charge in [0.15, 0.2) is 0 Å². The summed E-state index contributed by atoms with van der Waals surface area (Å²) in [6.07, 6.45) is 7.03. The van der Waals surface area contributed by atoms with Crippen LogP contribution in [0.15, 0.2) is 30.7 Å². The summed E-state index contributed by atoms with van der Waals surface area (Å²) < 4.78 is 0. The molecule has 130 valence electrons. The van der Waals surface area contributed by atoms with Crippen LogP contribution in [-0.2, 0) is 12.0 Å². The molecule has 1 fully saturated rings. The Labute approximate surface area is 144 Å². The third kappa shape index (κ3) is 3.68. The molecule has 3 heterocycles. The van der Waals surface area contributed by atoms with E-state index in [1.54, 1.807) is 0 Å². The minimum absolute atomic E-state index is 0.0966. The maximum Gasteiger partial charge on any atom is 0.0535 e. The van der Waals surface area contributed by atoms with Gasteiger partial charge in [0.25, 0.3) is 0 Å². The molecule has 1 saturated heterocycles. The Morgan fingerprint density at radius 3 is 2.88 bits per heavy atom. The number of aromatic amines is 1. The van der Waals surface area contributed by atoms with E-state index < -0.39 is 0 Å². The largest absolute Gasteiger partial charge is 0.312 e. The van der Waals surface area contributed by atoms with Gasteiger partial charge >= 0.3 is 0 Å². The van der Waals surface area contributed by atoms with E-state index in [4.69, 9.17) is 0 Å². The summed E-state index contributed by atoms with van der Waals surface area (Å²) in [5.41, 5.74) is 3.91. The smallest absolute Gasteiger partial charge is 0.0535 e. The van der Waals surface area contributed by atoms with Gasteiger partial charge in [0.2, 0.25) is 0 Å². The van der Waals surface area contributed by atoms with Gasteiger partial charge < -0.3 is 5.32 Å². The van der Waals surface area contributed by atoms with Crippen molar-refractivity contribution in [3.8, 4) is 0 Å². The van der Waals surface area contributed by atoms with Crippen LogP contribution in [0.25, 0.3) is 0 Å². The molecule has 1 aliphatic heterocycles. The second-order valence-electron chi connectivity index (χ2n) is 7.91. The zero-order valence-electron chi connectivity index (χ0n) is 15.2. The molecule has 3 rings (SSSR count). The van der Waals surface area contributed by atoms with Crippen LogP contribution in [0.5, 0.6) is 0 Å². The fourth-order valence-corrected chi connectivity index (χ4v) is 3.80. The highest BCUT2D eigenvalue weighted by molar-refractivity contribution is 5.23.